The van der Waals surface area contributed by atoms with Crippen LogP contribution in [-0.4, -0.2) is 12.0 Å². The van der Waals surface area contributed by atoms with Crippen LogP contribution in [0.3, 0.4) is 0 Å². The van der Waals surface area contributed by atoms with Crippen LogP contribution in [0.2, 0.25) is 0 Å². The lowest BCUT2D eigenvalue weighted by atomic mass is 10.3. The van der Waals surface area contributed by atoms with E-state index < -0.39 is 0 Å². The molecule has 2 nitrogen and oxygen atoms in total. The van der Waals surface area contributed by atoms with Crippen molar-refractivity contribution in [3.05, 3.63) is 12.2 Å². The summed E-state index contributed by atoms with van der Waals surface area (Å²) in [4.78, 5) is 0. The summed E-state index contributed by atoms with van der Waals surface area (Å²) in [5.74, 6) is 0. The normalized spacial score (nSPS) is 9.56. The summed E-state index contributed by atoms with van der Waals surface area (Å²) in [6.07, 6.45) is 7.77. The third-order valence-corrected chi connectivity index (χ3v) is 0.977. The van der Waals surface area contributed by atoms with E-state index in [1.165, 1.54) is 0 Å². The zero-order valence-electron chi connectivity index (χ0n) is 6.06. The van der Waals surface area contributed by atoms with Gasteiger partial charge in [0.1, 0.15) is 0 Å². The third-order valence-electron chi connectivity index (χ3n) is 0.977. The van der Waals surface area contributed by atoms with Crippen molar-refractivity contribution in [2.45, 2.75) is 26.2 Å². The van der Waals surface area contributed by atoms with E-state index in [-0.39, 0.29) is 5.48 Å². The van der Waals surface area contributed by atoms with Crippen LogP contribution in [0.15, 0.2) is 12.2 Å². The van der Waals surface area contributed by atoms with E-state index in [1.54, 1.807) is 0 Å². The first-order valence-corrected chi connectivity index (χ1v) is 3.27. The minimum Gasteiger partial charge on any atom is -0.412 e. The fourth-order valence-corrected chi connectivity index (χ4v) is 0.520. The molecule has 0 saturated heterocycles. The first-order chi connectivity index (χ1) is 3.91. The molecule has 0 aliphatic heterocycles. The van der Waals surface area contributed by atoms with Crippen LogP contribution in [0.4, 0.5) is 0 Å². The van der Waals surface area contributed by atoms with Crippen molar-refractivity contribution in [3.8, 4) is 0 Å². The Morgan fingerprint density at radius 3 is 2.44 bits per heavy atom. The topological polar surface area (TPSA) is 57.5 Å². The zero-order chi connectivity index (χ0) is 6.24. The van der Waals surface area contributed by atoms with E-state index in [4.69, 9.17) is 5.73 Å². The highest BCUT2D eigenvalue weighted by atomic mass is 16.0. The van der Waals surface area contributed by atoms with E-state index >= 15 is 0 Å². The predicted octanol–water partition coefficient (Wildman–Crippen LogP) is 0.867. The van der Waals surface area contributed by atoms with Gasteiger partial charge in [-0.25, -0.2) is 0 Å². The molecule has 0 aliphatic carbocycles. The molecule has 0 atom stereocenters. The molecular weight excluding hydrogens is 114 g/mol. The van der Waals surface area contributed by atoms with Gasteiger partial charge in [0.25, 0.3) is 0 Å². The lowest BCUT2D eigenvalue weighted by Crippen LogP contribution is -1.96. The average molecular weight is 131 g/mol. The fourth-order valence-electron chi connectivity index (χ4n) is 0.520. The second-order valence-electron chi connectivity index (χ2n) is 1.81. The van der Waals surface area contributed by atoms with Crippen LogP contribution in [-0.2, 0) is 0 Å². The maximum atomic E-state index is 5.28. The van der Waals surface area contributed by atoms with E-state index in [0.717, 1.165) is 25.8 Å². The minimum atomic E-state index is 0. The Morgan fingerprint density at radius 1 is 1.33 bits per heavy atom. The van der Waals surface area contributed by atoms with Gasteiger partial charge in [0.05, 0.1) is 0 Å². The molecule has 0 aromatic rings. The second kappa shape index (κ2) is 10.6. The lowest BCUT2D eigenvalue weighted by Gasteiger charge is -1.85. The van der Waals surface area contributed by atoms with Crippen molar-refractivity contribution in [3.63, 3.8) is 0 Å². The lowest BCUT2D eigenvalue weighted by molar-refractivity contribution is 0.824. The summed E-state index contributed by atoms with van der Waals surface area (Å²) >= 11 is 0. The van der Waals surface area contributed by atoms with Gasteiger partial charge in [0, 0.05) is 0 Å². The number of hydrogen-bond acceptors (Lipinski definition) is 1. The van der Waals surface area contributed by atoms with Crippen molar-refractivity contribution in [1.29, 1.82) is 0 Å². The average Bonchev–Trinajstić information content (AvgIpc) is 1.81. The number of unbranched alkanes of at least 4 members (excludes halogenated alkanes) is 1. The minimum absolute atomic E-state index is 0. The maximum Gasteiger partial charge on any atom is -0.00743 e. The Hall–Kier alpha value is -0.340. The predicted molar refractivity (Wildman–Crippen MR) is 41.3 cm³/mol. The molecule has 0 aromatic carbocycles. The Labute approximate surface area is 57.1 Å². The molecule has 0 unspecified atom stereocenters. The van der Waals surface area contributed by atoms with Gasteiger partial charge in [-0.1, -0.05) is 19.1 Å². The van der Waals surface area contributed by atoms with Gasteiger partial charge >= 0.3 is 0 Å². The molecule has 0 heterocycles. The highest BCUT2D eigenvalue weighted by molar-refractivity contribution is 4.79. The molecule has 56 valence electrons. The summed E-state index contributed by atoms with van der Waals surface area (Å²) in [6, 6.07) is 0. The number of nitrogens with two attached hydrogens (primary N) is 1. The quantitative estimate of drug-likeness (QED) is 0.446. The van der Waals surface area contributed by atoms with Crippen LogP contribution < -0.4 is 5.73 Å². The smallest absolute Gasteiger partial charge is 0.00743 e. The van der Waals surface area contributed by atoms with Gasteiger partial charge in [-0.05, 0) is 25.8 Å². The van der Waals surface area contributed by atoms with Gasteiger partial charge in [0.2, 0.25) is 0 Å². The molecular formula is C7H17NO. The molecule has 0 amide bonds. The van der Waals surface area contributed by atoms with Crippen molar-refractivity contribution in [2.75, 3.05) is 6.54 Å². The number of allylic oxidation sites excluding steroid dienone is 2. The molecule has 0 rings (SSSR count). The molecule has 4 N–H and O–H groups in total. The summed E-state index contributed by atoms with van der Waals surface area (Å²) in [6.45, 7) is 2.95. The van der Waals surface area contributed by atoms with E-state index in [2.05, 4.69) is 19.1 Å². The molecule has 9 heavy (non-hydrogen) atoms. The highest BCUT2D eigenvalue weighted by Gasteiger charge is 1.74. The Kier molecular flexibility index (Phi) is 13.5. The molecule has 2 heteroatoms. The van der Waals surface area contributed by atoms with Crippen LogP contribution >= 0.6 is 0 Å². The Balaban J connectivity index is 0. The molecule has 0 aromatic heterocycles. The van der Waals surface area contributed by atoms with Crippen molar-refractivity contribution >= 4 is 0 Å². The first-order valence-electron chi connectivity index (χ1n) is 3.27. The van der Waals surface area contributed by atoms with E-state index in [1.807, 2.05) is 0 Å². The first kappa shape index (κ1) is 11.5. The monoisotopic (exact) mass is 131 g/mol. The van der Waals surface area contributed by atoms with Gasteiger partial charge in [0.15, 0.2) is 0 Å². The molecule has 0 saturated carbocycles. The van der Waals surface area contributed by atoms with Crippen molar-refractivity contribution in [1.82, 2.24) is 0 Å². The Morgan fingerprint density at radius 2 is 2.00 bits per heavy atom. The summed E-state index contributed by atoms with van der Waals surface area (Å²) in [7, 11) is 0. The molecule has 0 aliphatic rings. The summed E-state index contributed by atoms with van der Waals surface area (Å²) in [5, 5.41) is 0. The summed E-state index contributed by atoms with van der Waals surface area (Å²) in [5.41, 5.74) is 5.28. The van der Waals surface area contributed by atoms with Crippen LogP contribution in [0, 0.1) is 0 Å². The second-order valence-corrected chi connectivity index (χ2v) is 1.81. The molecule has 0 bridgehead atoms. The molecule has 0 spiro atoms. The molecule has 0 radical (unpaired) electrons. The number of hydrogen-bond donors (Lipinski definition) is 1. The van der Waals surface area contributed by atoms with E-state index in [0.29, 0.717) is 0 Å². The highest BCUT2D eigenvalue weighted by Crippen LogP contribution is 1.88. The van der Waals surface area contributed by atoms with Crippen LogP contribution in [0.5, 0.6) is 0 Å². The standard InChI is InChI=1S/C7H15N.H2O/c1-2-3-4-5-6-7-8;/h3-4H,2,5-8H2,1H3;1H2. The fraction of sp³-hybridized carbons (Fsp3) is 0.714. The molecule has 0 fully saturated rings. The largest absolute Gasteiger partial charge is 0.412 e. The Bertz CT molecular complexity index is 61.9. The van der Waals surface area contributed by atoms with Crippen LogP contribution in [0.1, 0.15) is 26.2 Å². The van der Waals surface area contributed by atoms with Crippen molar-refractivity contribution in [2.24, 2.45) is 5.73 Å². The number of rotatable bonds is 4. The van der Waals surface area contributed by atoms with Gasteiger partial charge < -0.3 is 11.2 Å². The van der Waals surface area contributed by atoms with Gasteiger partial charge in [-0.3, -0.25) is 0 Å². The third kappa shape index (κ3) is 11.3. The summed E-state index contributed by atoms with van der Waals surface area (Å²) < 4.78 is 0. The zero-order valence-corrected chi connectivity index (χ0v) is 6.06. The maximum absolute atomic E-state index is 5.28. The van der Waals surface area contributed by atoms with Gasteiger partial charge in [-0.2, -0.15) is 0 Å². The van der Waals surface area contributed by atoms with Crippen molar-refractivity contribution < 1.29 is 5.48 Å². The van der Waals surface area contributed by atoms with Crippen LogP contribution in [0.25, 0.3) is 0 Å². The van der Waals surface area contributed by atoms with E-state index in [9.17, 15) is 0 Å². The van der Waals surface area contributed by atoms with Gasteiger partial charge in [-0.15, -0.1) is 0 Å². The SMILES string of the molecule is CCC=CCCCN.O.